The summed E-state index contributed by atoms with van der Waals surface area (Å²) in [6.07, 6.45) is 1.81. The zero-order valence-electron chi connectivity index (χ0n) is 17.5. The van der Waals surface area contributed by atoms with E-state index in [0.29, 0.717) is 13.0 Å². The Morgan fingerprint density at radius 1 is 1.07 bits per heavy atom. The van der Waals surface area contributed by atoms with Crippen molar-refractivity contribution in [3.8, 4) is 0 Å². The first-order chi connectivity index (χ1) is 13.0. The van der Waals surface area contributed by atoms with Gasteiger partial charge >= 0.3 is 0 Å². The molecular weight excluding hydrogens is 352 g/mol. The summed E-state index contributed by atoms with van der Waals surface area (Å²) in [7, 11) is 4.91. The first kappa shape index (κ1) is 22.7. The van der Waals surface area contributed by atoms with Crippen molar-refractivity contribution in [1.82, 2.24) is 0 Å². The van der Waals surface area contributed by atoms with Gasteiger partial charge in [0, 0.05) is 21.3 Å². The fourth-order valence-electron chi connectivity index (χ4n) is 3.94. The van der Waals surface area contributed by atoms with Crippen molar-refractivity contribution >= 4 is 0 Å². The van der Waals surface area contributed by atoms with Crippen molar-refractivity contribution in [2.24, 2.45) is 0 Å². The van der Waals surface area contributed by atoms with Crippen LogP contribution in [0.1, 0.15) is 40.0 Å². The van der Waals surface area contributed by atoms with Gasteiger partial charge in [0.1, 0.15) is 24.4 Å². The molecule has 0 N–H and O–H groups in total. The molecular formula is C20H36O7. The van der Waals surface area contributed by atoms with E-state index in [9.17, 15) is 0 Å². The second kappa shape index (κ2) is 10.3. The second-order valence-corrected chi connectivity index (χ2v) is 7.09. The first-order valence-electron chi connectivity index (χ1n) is 9.81. The highest BCUT2D eigenvalue weighted by atomic mass is 16.8. The molecule has 0 bridgehead atoms. The highest BCUT2D eigenvalue weighted by molar-refractivity contribution is 4.93. The molecule has 0 unspecified atom stereocenters. The molecule has 7 nitrogen and oxygen atoms in total. The zero-order valence-corrected chi connectivity index (χ0v) is 17.5. The summed E-state index contributed by atoms with van der Waals surface area (Å²) >= 11 is 0. The van der Waals surface area contributed by atoms with E-state index in [0.717, 1.165) is 12.8 Å². The standard InChI is InChI=1S/C20H36O7/c1-8-11-14(15-12-24-20(9-2,10-3)27-15)26-19-18(23-7)17(22-6)16(21-5)13(4)25-19/h8,13-19H,1,9-12H2,2-7H3/t13-,14-,15+,16-,17+,18+,19-/m0/s1. The molecule has 158 valence electrons. The molecule has 7 heteroatoms. The summed E-state index contributed by atoms with van der Waals surface area (Å²) in [6.45, 7) is 10.4. The molecule has 0 radical (unpaired) electrons. The van der Waals surface area contributed by atoms with Crippen LogP contribution in [0.4, 0.5) is 0 Å². The van der Waals surface area contributed by atoms with E-state index in [4.69, 9.17) is 33.2 Å². The zero-order chi connectivity index (χ0) is 20.0. The molecule has 0 saturated carbocycles. The molecule has 7 atom stereocenters. The summed E-state index contributed by atoms with van der Waals surface area (Å²) in [5.74, 6) is -0.537. The molecule has 0 aliphatic carbocycles. The van der Waals surface area contributed by atoms with Gasteiger partial charge in [-0.25, -0.2) is 0 Å². The molecule has 2 rings (SSSR count). The summed E-state index contributed by atoms with van der Waals surface area (Å²) in [4.78, 5) is 0. The van der Waals surface area contributed by atoms with Gasteiger partial charge in [0.2, 0.25) is 0 Å². The Morgan fingerprint density at radius 3 is 2.19 bits per heavy atom. The second-order valence-electron chi connectivity index (χ2n) is 7.09. The van der Waals surface area contributed by atoms with E-state index in [-0.39, 0.29) is 30.5 Å². The van der Waals surface area contributed by atoms with Crippen molar-refractivity contribution in [2.75, 3.05) is 27.9 Å². The van der Waals surface area contributed by atoms with Crippen LogP contribution in [0, 0.1) is 0 Å². The summed E-state index contributed by atoms with van der Waals surface area (Å²) in [5, 5.41) is 0. The van der Waals surface area contributed by atoms with E-state index in [1.807, 2.05) is 13.0 Å². The van der Waals surface area contributed by atoms with Crippen molar-refractivity contribution in [1.29, 1.82) is 0 Å². The Kier molecular flexibility index (Phi) is 8.68. The van der Waals surface area contributed by atoms with E-state index in [1.54, 1.807) is 21.3 Å². The maximum atomic E-state index is 6.34. The van der Waals surface area contributed by atoms with Crippen LogP contribution in [-0.4, -0.2) is 76.6 Å². The minimum absolute atomic E-state index is 0.194. The highest BCUT2D eigenvalue weighted by Crippen LogP contribution is 2.35. The van der Waals surface area contributed by atoms with Gasteiger partial charge in [-0.05, 0) is 26.2 Å². The Hall–Kier alpha value is -0.540. The SMILES string of the molecule is C=CC[C@H](O[C@@H]1O[C@@H](C)[C@H](OC)[C@@H](OC)[C@H]1OC)[C@H]1COC(CC)(CC)O1. The van der Waals surface area contributed by atoms with Crippen LogP contribution in [0.15, 0.2) is 12.7 Å². The quantitative estimate of drug-likeness (QED) is 0.533. The maximum Gasteiger partial charge on any atom is 0.187 e. The lowest BCUT2D eigenvalue weighted by Gasteiger charge is -2.44. The normalized spacial score (nSPS) is 37.3. The Bertz CT molecular complexity index is 454. The lowest BCUT2D eigenvalue weighted by molar-refractivity contribution is -0.321. The molecule has 2 heterocycles. The van der Waals surface area contributed by atoms with E-state index >= 15 is 0 Å². The number of hydrogen-bond acceptors (Lipinski definition) is 7. The van der Waals surface area contributed by atoms with Crippen molar-refractivity contribution < 1.29 is 33.2 Å². The Morgan fingerprint density at radius 2 is 1.70 bits per heavy atom. The van der Waals surface area contributed by atoms with Gasteiger partial charge in [0.05, 0.1) is 18.8 Å². The molecule has 27 heavy (non-hydrogen) atoms. The fraction of sp³-hybridized carbons (Fsp3) is 0.900. The van der Waals surface area contributed by atoms with Gasteiger partial charge < -0.3 is 33.2 Å². The van der Waals surface area contributed by atoms with Gasteiger partial charge in [-0.15, -0.1) is 6.58 Å². The molecule has 0 aromatic rings. The average Bonchev–Trinajstić information content (AvgIpc) is 3.12. The molecule has 2 aliphatic rings. The van der Waals surface area contributed by atoms with Crippen molar-refractivity contribution in [3.05, 3.63) is 12.7 Å². The summed E-state index contributed by atoms with van der Waals surface area (Å²) < 4.78 is 41.5. The van der Waals surface area contributed by atoms with Crippen LogP contribution in [0.3, 0.4) is 0 Å². The van der Waals surface area contributed by atoms with Crippen LogP contribution < -0.4 is 0 Å². The predicted molar refractivity (Wildman–Crippen MR) is 101 cm³/mol. The average molecular weight is 389 g/mol. The molecule has 2 aliphatic heterocycles. The smallest absolute Gasteiger partial charge is 0.187 e. The van der Waals surface area contributed by atoms with Crippen molar-refractivity contribution in [3.63, 3.8) is 0 Å². The molecule has 0 amide bonds. The largest absolute Gasteiger partial charge is 0.376 e. The Labute approximate surface area is 163 Å². The van der Waals surface area contributed by atoms with Crippen molar-refractivity contribution in [2.45, 2.75) is 88.7 Å². The van der Waals surface area contributed by atoms with Crippen LogP contribution >= 0.6 is 0 Å². The van der Waals surface area contributed by atoms with E-state index in [2.05, 4.69) is 20.4 Å². The third kappa shape index (κ3) is 4.90. The van der Waals surface area contributed by atoms with Crippen LogP contribution in [0.25, 0.3) is 0 Å². The third-order valence-corrected chi connectivity index (χ3v) is 5.62. The van der Waals surface area contributed by atoms with Gasteiger partial charge in [0.15, 0.2) is 12.1 Å². The number of ether oxygens (including phenoxy) is 7. The minimum atomic E-state index is -0.604. The van der Waals surface area contributed by atoms with Gasteiger partial charge in [0.25, 0.3) is 0 Å². The van der Waals surface area contributed by atoms with Gasteiger partial charge in [-0.3, -0.25) is 0 Å². The van der Waals surface area contributed by atoms with Gasteiger partial charge in [-0.2, -0.15) is 0 Å². The fourth-order valence-corrected chi connectivity index (χ4v) is 3.94. The molecule has 0 aromatic heterocycles. The number of hydrogen-bond donors (Lipinski definition) is 0. The first-order valence-corrected chi connectivity index (χ1v) is 9.81. The Balaban J connectivity index is 2.13. The lowest BCUT2D eigenvalue weighted by Crippen LogP contribution is -2.60. The minimum Gasteiger partial charge on any atom is -0.376 e. The highest BCUT2D eigenvalue weighted by Gasteiger charge is 2.48. The third-order valence-electron chi connectivity index (χ3n) is 5.62. The van der Waals surface area contributed by atoms with Crippen LogP contribution in [0.2, 0.25) is 0 Å². The van der Waals surface area contributed by atoms with E-state index < -0.39 is 18.2 Å². The topological polar surface area (TPSA) is 64.6 Å². The summed E-state index contributed by atoms with van der Waals surface area (Å²) in [6, 6.07) is 0. The number of methoxy groups -OCH3 is 3. The monoisotopic (exact) mass is 388 g/mol. The van der Waals surface area contributed by atoms with Crippen LogP contribution in [0.5, 0.6) is 0 Å². The van der Waals surface area contributed by atoms with Gasteiger partial charge in [-0.1, -0.05) is 19.9 Å². The molecule has 2 fully saturated rings. The maximum absolute atomic E-state index is 6.34. The predicted octanol–water partition coefficient (Wildman–Crippen LogP) is 2.67. The molecule has 0 aromatic carbocycles. The lowest BCUT2D eigenvalue weighted by atomic mass is 9.99. The molecule has 0 spiro atoms. The molecule has 2 saturated heterocycles. The number of rotatable bonds is 10. The van der Waals surface area contributed by atoms with Crippen LogP contribution in [-0.2, 0) is 33.2 Å². The van der Waals surface area contributed by atoms with E-state index in [1.165, 1.54) is 0 Å². The summed E-state index contributed by atoms with van der Waals surface area (Å²) in [5.41, 5.74) is 0.